The normalized spacial score (nSPS) is 12.3. The summed E-state index contributed by atoms with van der Waals surface area (Å²) in [6.07, 6.45) is 7.35. The summed E-state index contributed by atoms with van der Waals surface area (Å²) in [4.78, 5) is 13.8. The van der Waals surface area contributed by atoms with Crippen molar-refractivity contribution >= 4 is 5.91 Å². The molecule has 0 radical (unpaired) electrons. The lowest BCUT2D eigenvalue weighted by Gasteiger charge is -2.19. The molecule has 114 valence electrons. The first kappa shape index (κ1) is 15.2. The fraction of sp³-hybridized carbons (Fsp3) is 0.500. The molecule has 0 spiro atoms. The number of carbonyl (C=O) groups excluding carboxylic acids is 1. The highest BCUT2D eigenvalue weighted by Gasteiger charge is 2.12. The maximum absolute atomic E-state index is 12.1. The van der Waals surface area contributed by atoms with Crippen LogP contribution in [0.5, 0.6) is 0 Å². The van der Waals surface area contributed by atoms with Crippen molar-refractivity contribution in [2.75, 3.05) is 13.6 Å². The molecule has 0 fully saturated rings. The zero-order chi connectivity index (χ0) is 15.2. The zero-order valence-electron chi connectivity index (χ0n) is 12.7. The van der Waals surface area contributed by atoms with Crippen molar-refractivity contribution in [2.24, 2.45) is 7.05 Å². The Morgan fingerprint density at radius 3 is 2.90 bits per heavy atom. The van der Waals surface area contributed by atoms with E-state index in [0.717, 1.165) is 12.1 Å². The molecule has 7 heteroatoms. The largest absolute Gasteiger partial charge is 0.340 e. The number of carbonyl (C=O) groups is 1. The zero-order valence-corrected chi connectivity index (χ0v) is 12.7. The fourth-order valence-electron chi connectivity index (χ4n) is 2.07. The maximum Gasteiger partial charge on any atom is 0.236 e. The quantitative estimate of drug-likeness (QED) is 0.794. The molecule has 21 heavy (non-hydrogen) atoms. The second kappa shape index (κ2) is 7.03. The number of likely N-dealkylation sites (N-methyl/N-ethyl adjacent to an activating group) is 1. The highest BCUT2D eigenvalue weighted by molar-refractivity contribution is 5.77. The van der Waals surface area contributed by atoms with Gasteiger partial charge in [0.25, 0.3) is 0 Å². The van der Waals surface area contributed by atoms with Crippen molar-refractivity contribution in [2.45, 2.75) is 26.1 Å². The number of aryl methyl sites for hydroxylation is 1. The van der Waals surface area contributed by atoms with Crippen LogP contribution in [0.2, 0.25) is 0 Å². The van der Waals surface area contributed by atoms with E-state index in [1.54, 1.807) is 29.0 Å². The van der Waals surface area contributed by atoms with Crippen molar-refractivity contribution in [3.8, 4) is 0 Å². The van der Waals surface area contributed by atoms with Gasteiger partial charge in [-0.05, 0) is 13.0 Å². The van der Waals surface area contributed by atoms with Crippen molar-refractivity contribution in [1.29, 1.82) is 0 Å². The number of nitrogens with one attached hydrogen (secondary N) is 1. The molecule has 2 aromatic heterocycles. The number of nitrogens with zero attached hydrogens (tertiary/aromatic N) is 5. The van der Waals surface area contributed by atoms with E-state index in [-0.39, 0.29) is 11.9 Å². The number of aromatic nitrogens is 4. The summed E-state index contributed by atoms with van der Waals surface area (Å²) in [6.45, 7) is 3.67. The standard InChI is InChI=1S/C14H22N6O/c1-12(9-20-6-4-5-16-20)15-8-14(21)18(2)10-13-7-17-19(3)11-13/h4-7,11-12,15H,8-10H2,1-3H3. The molecule has 7 nitrogen and oxygen atoms in total. The number of hydrogen-bond donors (Lipinski definition) is 1. The molecule has 2 rings (SSSR count). The van der Waals surface area contributed by atoms with Crippen LogP contribution in [-0.4, -0.2) is 50.0 Å². The molecule has 0 aromatic carbocycles. The lowest BCUT2D eigenvalue weighted by Crippen LogP contribution is -2.40. The summed E-state index contributed by atoms with van der Waals surface area (Å²) >= 11 is 0. The van der Waals surface area contributed by atoms with Gasteiger partial charge in [0, 0.05) is 50.8 Å². The predicted molar refractivity (Wildman–Crippen MR) is 79.4 cm³/mol. The van der Waals surface area contributed by atoms with Gasteiger partial charge in [-0.25, -0.2) is 0 Å². The van der Waals surface area contributed by atoms with E-state index in [1.165, 1.54) is 0 Å². The van der Waals surface area contributed by atoms with Gasteiger partial charge >= 0.3 is 0 Å². The second-order valence-corrected chi connectivity index (χ2v) is 5.28. The van der Waals surface area contributed by atoms with Crippen LogP contribution in [0.3, 0.4) is 0 Å². The predicted octanol–water partition coefficient (Wildman–Crippen LogP) is 0.253. The third kappa shape index (κ3) is 4.71. The summed E-state index contributed by atoms with van der Waals surface area (Å²) in [5.41, 5.74) is 1.03. The molecule has 0 bridgehead atoms. The molecule has 2 aromatic rings. The van der Waals surface area contributed by atoms with Crippen molar-refractivity contribution in [3.63, 3.8) is 0 Å². The molecule has 1 unspecified atom stereocenters. The first-order valence-electron chi connectivity index (χ1n) is 6.97. The first-order valence-corrected chi connectivity index (χ1v) is 6.97. The molecule has 1 atom stereocenters. The SMILES string of the molecule is CC(Cn1cccn1)NCC(=O)N(C)Cc1cnn(C)c1. The van der Waals surface area contributed by atoms with Crippen LogP contribution in [0.1, 0.15) is 12.5 Å². The Balaban J connectivity index is 1.73. The number of amides is 1. The van der Waals surface area contributed by atoms with E-state index in [4.69, 9.17) is 0 Å². The Hall–Kier alpha value is -2.15. The molecular weight excluding hydrogens is 268 g/mol. The van der Waals surface area contributed by atoms with Crippen LogP contribution < -0.4 is 5.32 Å². The Morgan fingerprint density at radius 2 is 2.29 bits per heavy atom. The third-order valence-electron chi connectivity index (χ3n) is 3.23. The first-order chi connectivity index (χ1) is 10.0. The fourth-order valence-corrected chi connectivity index (χ4v) is 2.07. The topological polar surface area (TPSA) is 68.0 Å². The van der Waals surface area contributed by atoms with E-state index >= 15 is 0 Å². The average molecular weight is 290 g/mol. The van der Waals surface area contributed by atoms with Crippen LogP contribution in [-0.2, 0) is 24.9 Å². The van der Waals surface area contributed by atoms with E-state index in [0.29, 0.717) is 13.1 Å². The monoisotopic (exact) mass is 290 g/mol. The van der Waals surface area contributed by atoms with Gasteiger partial charge in [-0.1, -0.05) is 0 Å². The average Bonchev–Trinajstić information content (AvgIpc) is 3.08. The summed E-state index contributed by atoms with van der Waals surface area (Å²) in [6, 6.07) is 2.07. The van der Waals surface area contributed by atoms with E-state index in [9.17, 15) is 4.79 Å². The third-order valence-corrected chi connectivity index (χ3v) is 3.23. The van der Waals surface area contributed by atoms with Crippen LogP contribution >= 0.6 is 0 Å². The lowest BCUT2D eigenvalue weighted by atomic mass is 10.3. The van der Waals surface area contributed by atoms with E-state index in [1.807, 2.05) is 37.1 Å². The Kier molecular flexibility index (Phi) is 5.10. The minimum absolute atomic E-state index is 0.0613. The second-order valence-electron chi connectivity index (χ2n) is 5.28. The Labute approximate surface area is 124 Å². The number of rotatable bonds is 7. The van der Waals surface area contributed by atoms with Gasteiger partial charge in [-0.15, -0.1) is 0 Å². The molecular formula is C14H22N6O. The molecule has 0 saturated heterocycles. The minimum atomic E-state index is 0.0613. The van der Waals surface area contributed by atoms with Crippen LogP contribution in [0.15, 0.2) is 30.9 Å². The summed E-state index contributed by atoms with van der Waals surface area (Å²) < 4.78 is 3.58. The molecule has 1 amide bonds. The van der Waals surface area contributed by atoms with Crippen molar-refractivity contribution < 1.29 is 4.79 Å². The Morgan fingerprint density at radius 1 is 1.48 bits per heavy atom. The summed E-state index contributed by atoms with van der Waals surface area (Å²) in [5, 5.41) is 11.5. The van der Waals surface area contributed by atoms with Gasteiger partial charge in [0.15, 0.2) is 0 Å². The molecule has 0 aliphatic heterocycles. The van der Waals surface area contributed by atoms with Crippen molar-refractivity contribution in [3.05, 3.63) is 36.4 Å². The summed E-state index contributed by atoms with van der Waals surface area (Å²) in [5.74, 6) is 0.0613. The number of hydrogen-bond acceptors (Lipinski definition) is 4. The minimum Gasteiger partial charge on any atom is -0.340 e. The Bertz CT molecular complexity index is 562. The van der Waals surface area contributed by atoms with Gasteiger partial charge in [0.2, 0.25) is 5.91 Å². The lowest BCUT2D eigenvalue weighted by molar-refractivity contribution is -0.129. The highest BCUT2D eigenvalue weighted by atomic mass is 16.2. The van der Waals surface area contributed by atoms with Crippen LogP contribution in [0.25, 0.3) is 0 Å². The molecule has 0 saturated carbocycles. The van der Waals surface area contributed by atoms with Gasteiger partial charge in [0.1, 0.15) is 0 Å². The molecule has 2 heterocycles. The maximum atomic E-state index is 12.1. The molecule has 0 aliphatic carbocycles. The van der Waals surface area contributed by atoms with Gasteiger partial charge in [-0.3, -0.25) is 14.2 Å². The molecule has 1 N–H and O–H groups in total. The van der Waals surface area contributed by atoms with Gasteiger partial charge < -0.3 is 10.2 Å². The highest BCUT2D eigenvalue weighted by Crippen LogP contribution is 2.01. The van der Waals surface area contributed by atoms with E-state index in [2.05, 4.69) is 15.5 Å². The smallest absolute Gasteiger partial charge is 0.236 e. The van der Waals surface area contributed by atoms with Crippen LogP contribution in [0.4, 0.5) is 0 Å². The van der Waals surface area contributed by atoms with Gasteiger partial charge in [0.05, 0.1) is 19.3 Å². The van der Waals surface area contributed by atoms with E-state index < -0.39 is 0 Å². The van der Waals surface area contributed by atoms with Gasteiger partial charge in [-0.2, -0.15) is 10.2 Å². The van der Waals surface area contributed by atoms with Crippen LogP contribution in [0, 0.1) is 0 Å². The summed E-state index contributed by atoms with van der Waals surface area (Å²) in [7, 11) is 3.67. The molecule has 0 aliphatic rings. The van der Waals surface area contributed by atoms with Crippen molar-refractivity contribution in [1.82, 2.24) is 29.8 Å².